The van der Waals surface area contributed by atoms with E-state index >= 15 is 0 Å². The molecule has 7 heteroatoms. The van der Waals surface area contributed by atoms with Crippen LogP contribution in [-0.2, 0) is 15.8 Å². The highest BCUT2D eigenvalue weighted by atomic mass is 32.2. The van der Waals surface area contributed by atoms with E-state index in [9.17, 15) is 8.42 Å². The zero-order chi connectivity index (χ0) is 13.1. The van der Waals surface area contributed by atoms with Gasteiger partial charge in [0.2, 0.25) is 10.0 Å². The first-order valence-electron chi connectivity index (χ1n) is 5.15. The summed E-state index contributed by atoms with van der Waals surface area (Å²) < 4.78 is 30.7. The molecule has 0 amide bonds. The van der Waals surface area contributed by atoms with Crippen LogP contribution in [0.15, 0.2) is 10.6 Å². The van der Waals surface area contributed by atoms with Crippen molar-refractivity contribution in [1.29, 1.82) is 5.26 Å². The fourth-order valence-corrected chi connectivity index (χ4v) is 2.71. The zero-order valence-electron chi connectivity index (χ0n) is 10.0. The number of nitrogens with one attached hydrogen (secondary N) is 1. The summed E-state index contributed by atoms with van der Waals surface area (Å²) >= 11 is 0. The molecule has 0 aliphatic heterocycles. The predicted molar refractivity (Wildman–Crippen MR) is 61.3 cm³/mol. The lowest BCUT2D eigenvalue weighted by atomic mass is 10.0. The number of aromatic nitrogens is 1. The van der Waals surface area contributed by atoms with E-state index in [1.165, 1.54) is 0 Å². The topological polar surface area (TPSA) is 96.0 Å². The molecule has 1 atom stereocenters. The molecule has 1 unspecified atom stereocenters. The van der Waals surface area contributed by atoms with Crippen LogP contribution in [0.4, 0.5) is 0 Å². The van der Waals surface area contributed by atoms with E-state index in [1.54, 1.807) is 26.8 Å². The molecule has 17 heavy (non-hydrogen) atoms. The molecule has 0 aromatic carbocycles. The molecule has 0 aliphatic carbocycles. The van der Waals surface area contributed by atoms with E-state index in [2.05, 4.69) is 9.88 Å². The summed E-state index contributed by atoms with van der Waals surface area (Å²) in [4.78, 5) is 0. The Labute approximate surface area is 101 Å². The lowest BCUT2D eigenvalue weighted by Gasteiger charge is -2.20. The Hall–Kier alpha value is -1.39. The van der Waals surface area contributed by atoms with Gasteiger partial charge < -0.3 is 4.52 Å². The van der Waals surface area contributed by atoms with Gasteiger partial charge in [-0.1, -0.05) is 12.1 Å². The summed E-state index contributed by atoms with van der Waals surface area (Å²) in [6.45, 7) is 4.96. The van der Waals surface area contributed by atoms with E-state index in [-0.39, 0.29) is 5.75 Å². The monoisotopic (exact) mass is 257 g/mol. The Morgan fingerprint density at radius 3 is 2.71 bits per heavy atom. The van der Waals surface area contributed by atoms with Crippen molar-refractivity contribution in [2.45, 2.75) is 38.5 Å². The molecule has 0 spiro atoms. The third-order valence-electron chi connectivity index (χ3n) is 2.35. The number of nitriles is 1. The van der Waals surface area contributed by atoms with Crippen molar-refractivity contribution in [2.75, 3.05) is 0 Å². The van der Waals surface area contributed by atoms with Gasteiger partial charge in [-0.05, 0) is 20.3 Å². The molecule has 1 aromatic rings. The predicted octanol–water partition coefficient (Wildman–Crippen LogP) is 1.09. The Kier molecular flexibility index (Phi) is 3.91. The van der Waals surface area contributed by atoms with Crippen LogP contribution in [0.2, 0.25) is 0 Å². The van der Waals surface area contributed by atoms with Crippen LogP contribution >= 0.6 is 0 Å². The summed E-state index contributed by atoms with van der Waals surface area (Å²) in [7, 11) is -3.60. The summed E-state index contributed by atoms with van der Waals surface area (Å²) in [5, 5.41) is 12.5. The van der Waals surface area contributed by atoms with E-state index in [4.69, 9.17) is 9.78 Å². The third kappa shape index (κ3) is 3.84. The first kappa shape index (κ1) is 13.7. The van der Waals surface area contributed by atoms with Gasteiger partial charge >= 0.3 is 0 Å². The maximum absolute atomic E-state index is 11.8. The molecule has 1 heterocycles. The summed E-state index contributed by atoms with van der Waals surface area (Å²) in [6.07, 6.45) is 0.389. The number of hydrogen-bond donors (Lipinski definition) is 1. The highest BCUT2D eigenvalue weighted by molar-refractivity contribution is 7.88. The van der Waals surface area contributed by atoms with Crippen LogP contribution in [0, 0.1) is 18.3 Å². The summed E-state index contributed by atoms with van der Waals surface area (Å²) in [6, 6.07) is 3.49. The first-order chi connectivity index (χ1) is 7.80. The van der Waals surface area contributed by atoms with Crippen molar-refractivity contribution in [3.8, 4) is 6.07 Å². The number of aryl methyl sites for hydroxylation is 1. The van der Waals surface area contributed by atoms with Crippen molar-refractivity contribution in [1.82, 2.24) is 9.88 Å². The minimum Gasteiger partial charge on any atom is -0.361 e. The van der Waals surface area contributed by atoms with Crippen molar-refractivity contribution < 1.29 is 12.9 Å². The molecule has 0 aliphatic rings. The Morgan fingerprint density at radius 1 is 1.65 bits per heavy atom. The molecule has 1 rings (SSSR count). The average Bonchev–Trinajstić information content (AvgIpc) is 2.62. The van der Waals surface area contributed by atoms with Crippen LogP contribution in [0.1, 0.15) is 31.7 Å². The number of rotatable bonds is 5. The summed E-state index contributed by atoms with van der Waals surface area (Å²) in [5.41, 5.74) is -0.760. The van der Waals surface area contributed by atoms with Crippen LogP contribution in [0.5, 0.6) is 0 Å². The number of hydrogen-bond acceptors (Lipinski definition) is 5. The highest BCUT2D eigenvalue weighted by Gasteiger charge is 2.28. The average molecular weight is 257 g/mol. The first-order valence-corrected chi connectivity index (χ1v) is 6.80. The number of sulfonamides is 1. The van der Waals surface area contributed by atoms with Crippen molar-refractivity contribution in [3.63, 3.8) is 0 Å². The molecule has 0 saturated carbocycles. The van der Waals surface area contributed by atoms with Gasteiger partial charge in [0, 0.05) is 6.07 Å². The molecule has 0 radical (unpaired) electrons. The van der Waals surface area contributed by atoms with E-state index in [0.29, 0.717) is 17.9 Å². The maximum Gasteiger partial charge on any atom is 0.218 e. The van der Waals surface area contributed by atoms with Crippen LogP contribution in [-0.4, -0.2) is 19.1 Å². The number of nitrogens with zero attached hydrogens (tertiary/aromatic N) is 2. The van der Waals surface area contributed by atoms with E-state index in [0.717, 1.165) is 0 Å². The van der Waals surface area contributed by atoms with Gasteiger partial charge in [-0.25, -0.2) is 8.42 Å². The molecule has 0 bridgehead atoms. The van der Waals surface area contributed by atoms with Crippen molar-refractivity contribution in [3.05, 3.63) is 17.5 Å². The van der Waals surface area contributed by atoms with Crippen molar-refractivity contribution in [2.24, 2.45) is 0 Å². The SMILES string of the molecule is CCC(C)(C#N)NS(=O)(=O)Cc1cc(C)on1. The van der Waals surface area contributed by atoms with Crippen LogP contribution < -0.4 is 4.72 Å². The summed E-state index contributed by atoms with van der Waals surface area (Å²) in [5.74, 6) is 0.260. The lowest BCUT2D eigenvalue weighted by molar-refractivity contribution is 0.392. The molecule has 94 valence electrons. The minimum absolute atomic E-state index is 0.290. The molecular formula is C10H15N3O3S. The van der Waals surface area contributed by atoms with Gasteiger partial charge in [0.15, 0.2) is 0 Å². The normalized spacial score (nSPS) is 15.2. The molecule has 0 fully saturated rings. The van der Waals surface area contributed by atoms with E-state index in [1.807, 2.05) is 6.07 Å². The van der Waals surface area contributed by atoms with Gasteiger partial charge in [0.25, 0.3) is 0 Å². The Bertz CT molecular complexity index is 529. The second kappa shape index (κ2) is 4.85. The molecule has 6 nitrogen and oxygen atoms in total. The van der Waals surface area contributed by atoms with Crippen LogP contribution in [0.3, 0.4) is 0 Å². The van der Waals surface area contributed by atoms with Gasteiger partial charge in [0.05, 0.1) is 6.07 Å². The molecular weight excluding hydrogens is 242 g/mol. The van der Waals surface area contributed by atoms with Gasteiger partial charge in [-0.2, -0.15) is 9.98 Å². The minimum atomic E-state index is -3.60. The highest BCUT2D eigenvalue weighted by Crippen LogP contribution is 2.12. The van der Waals surface area contributed by atoms with Crippen LogP contribution in [0.25, 0.3) is 0 Å². The second-order valence-electron chi connectivity index (χ2n) is 4.09. The zero-order valence-corrected chi connectivity index (χ0v) is 10.8. The van der Waals surface area contributed by atoms with E-state index < -0.39 is 15.6 Å². The quantitative estimate of drug-likeness (QED) is 0.851. The standard InChI is InChI=1S/C10H15N3O3S/c1-4-10(3,7-11)13-17(14,15)6-9-5-8(2)16-12-9/h5,13H,4,6H2,1-3H3. The fraction of sp³-hybridized carbons (Fsp3) is 0.600. The molecule has 1 N–H and O–H groups in total. The lowest BCUT2D eigenvalue weighted by Crippen LogP contribution is -2.44. The van der Waals surface area contributed by atoms with Gasteiger partial charge in [0.1, 0.15) is 22.7 Å². The fourth-order valence-electron chi connectivity index (χ4n) is 1.23. The Balaban J connectivity index is 2.81. The maximum atomic E-state index is 11.8. The molecule has 0 saturated heterocycles. The van der Waals surface area contributed by atoms with Gasteiger partial charge in [-0.3, -0.25) is 0 Å². The largest absolute Gasteiger partial charge is 0.361 e. The molecule has 1 aromatic heterocycles. The van der Waals surface area contributed by atoms with Crippen molar-refractivity contribution >= 4 is 10.0 Å². The smallest absolute Gasteiger partial charge is 0.218 e. The Morgan fingerprint density at radius 2 is 2.29 bits per heavy atom. The van der Waals surface area contributed by atoms with Gasteiger partial charge in [-0.15, -0.1) is 0 Å². The third-order valence-corrected chi connectivity index (χ3v) is 3.79. The second-order valence-corrected chi connectivity index (χ2v) is 5.81.